The average Bonchev–Trinajstić information content (AvgIpc) is 2.74. The van der Waals surface area contributed by atoms with Gasteiger partial charge in [0.1, 0.15) is 5.75 Å². The molecule has 2 aliphatic carbocycles. The van der Waals surface area contributed by atoms with Gasteiger partial charge in [0, 0.05) is 11.8 Å². The second-order valence-corrected chi connectivity index (χ2v) is 9.08. The number of hydrogen-bond donors (Lipinski definition) is 0. The third-order valence-electron chi connectivity index (χ3n) is 6.80. The van der Waals surface area contributed by atoms with E-state index in [1.165, 1.54) is 55.2 Å². The molecule has 1 nitrogen and oxygen atoms in total. The van der Waals surface area contributed by atoms with Gasteiger partial charge in [0.05, 0.1) is 6.61 Å². The number of ether oxygens (including phenoxy) is 1. The van der Waals surface area contributed by atoms with Crippen LogP contribution in [0.5, 0.6) is 5.75 Å². The third-order valence-corrected chi connectivity index (χ3v) is 6.80. The minimum atomic E-state index is 0.529. The average molecular weight is 375 g/mol. The highest BCUT2D eigenvalue weighted by Crippen LogP contribution is 2.36. The van der Waals surface area contributed by atoms with Gasteiger partial charge in [0.15, 0.2) is 0 Å². The number of allylic oxidation sites excluding steroid dienone is 1. The Labute approximate surface area is 170 Å². The van der Waals surface area contributed by atoms with Crippen LogP contribution in [0.2, 0.25) is 0 Å². The normalized spacial score (nSPS) is 27.5. The molecule has 0 N–H and O–H groups in total. The molecule has 2 aliphatic rings. The highest BCUT2D eigenvalue weighted by Gasteiger charge is 2.20. The molecule has 1 heteroatoms. The number of rotatable bonds is 5. The summed E-state index contributed by atoms with van der Waals surface area (Å²) >= 11 is 0. The van der Waals surface area contributed by atoms with Gasteiger partial charge < -0.3 is 4.74 Å². The standard InChI is InChI=1S/C27H34O/c1-20-3-9-23(10-4-20)25-13-7-22(8-14-25)19-28-27-17-15-26(16-18-27)24-11-5-21(2)6-12-24/h3-4,7,9-10,13,15-18,21-22,24-25H,5-6,8,11-12,14,19H2,1-2H3. The van der Waals surface area contributed by atoms with Crippen molar-refractivity contribution in [1.82, 2.24) is 0 Å². The number of hydrogen-bond acceptors (Lipinski definition) is 1. The van der Waals surface area contributed by atoms with Gasteiger partial charge in [-0.2, -0.15) is 0 Å². The second kappa shape index (κ2) is 8.99. The molecule has 0 aliphatic heterocycles. The van der Waals surface area contributed by atoms with E-state index in [2.05, 4.69) is 74.5 Å². The van der Waals surface area contributed by atoms with Crippen LogP contribution in [0.1, 0.15) is 74.0 Å². The van der Waals surface area contributed by atoms with Gasteiger partial charge in [-0.1, -0.05) is 73.9 Å². The Balaban J connectivity index is 1.27. The van der Waals surface area contributed by atoms with E-state index in [4.69, 9.17) is 4.74 Å². The maximum absolute atomic E-state index is 6.11. The van der Waals surface area contributed by atoms with Crippen molar-refractivity contribution < 1.29 is 4.74 Å². The van der Waals surface area contributed by atoms with Gasteiger partial charge in [0.25, 0.3) is 0 Å². The van der Waals surface area contributed by atoms with E-state index in [0.717, 1.165) is 24.2 Å². The third kappa shape index (κ3) is 4.87. The maximum Gasteiger partial charge on any atom is 0.119 e. The summed E-state index contributed by atoms with van der Waals surface area (Å²) in [6.07, 6.45) is 12.6. The molecular formula is C27H34O. The summed E-state index contributed by atoms with van der Waals surface area (Å²) in [5, 5.41) is 0. The van der Waals surface area contributed by atoms with E-state index in [1.807, 2.05) is 0 Å². The van der Waals surface area contributed by atoms with Crippen LogP contribution < -0.4 is 4.74 Å². The van der Waals surface area contributed by atoms with Gasteiger partial charge in [-0.15, -0.1) is 0 Å². The first-order chi connectivity index (χ1) is 13.7. The molecule has 28 heavy (non-hydrogen) atoms. The Hall–Kier alpha value is -2.02. The van der Waals surface area contributed by atoms with Crippen LogP contribution in [-0.2, 0) is 0 Å². The molecule has 2 unspecified atom stereocenters. The molecule has 0 heterocycles. The Morgan fingerprint density at radius 1 is 0.750 bits per heavy atom. The molecule has 4 rings (SSSR count). The fraction of sp³-hybridized carbons (Fsp3) is 0.481. The predicted molar refractivity (Wildman–Crippen MR) is 118 cm³/mol. The Morgan fingerprint density at radius 3 is 2.07 bits per heavy atom. The van der Waals surface area contributed by atoms with E-state index in [-0.39, 0.29) is 0 Å². The first kappa shape index (κ1) is 19.3. The number of aryl methyl sites for hydroxylation is 1. The van der Waals surface area contributed by atoms with E-state index in [1.54, 1.807) is 0 Å². The molecule has 0 saturated heterocycles. The van der Waals surface area contributed by atoms with Gasteiger partial charge in [-0.05, 0) is 67.7 Å². The maximum atomic E-state index is 6.11. The first-order valence-corrected chi connectivity index (χ1v) is 11.1. The van der Waals surface area contributed by atoms with E-state index < -0.39 is 0 Å². The van der Waals surface area contributed by atoms with Crippen molar-refractivity contribution in [3.8, 4) is 5.75 Å². The van der Waals surface area contributed by atoms with Crippen LogP contribution in [0.15, 0.2) is 60.7 Å². The van der Waals surface area contributed by atoms with E-state index >= 15 is 0 Å². The Bertz CT molecular complexity index is 763. The Kier molecular flexibility index (Phi) is 6.20. The molecule has 2 aromatic carbocycles. The van der Waals surface area contributed by atoms with Crippen molar-refractivity contribution in [1.29, 1.82) is 0 Å². The van der Waals surface area contributed by atoms with Crippen LogP contribution >= 0.6 is 0 Å². The second-order valence-electron chi connectivity index (χ2n) is 9.08. The first-order valence-electron chi connectivity index (χ1n) is 11.1. The molecule has 1 fully saturated rings. The molecule has 0 aromatic heterocycles. The van der Waals surface area contributed by atoms with E-state index in [0.29, 0.717) is 11.8 Å². The quantitative estimate of drug-likeness (QED) is 0.495. The molecular weight excluding hydrogens is 340 g/mol. The van der Waals surface area contributed by atoms with Crippen LogP contribution in [0.4, 0.5) is 0 Å². The molecule has 2 aromatic rings. The van der Waals surface area contributed by atoms with Crippen molar-refractivity contribution in [3.63, 3.8) is 0 Å². The van der Waals surface area contributed by atoms with E-state index in [9.17, 15) is 0 Å². The fourth-order valence-corrected chi connectivity index (χ4v) is 4.74. The van der Waals surface area contributed by atoms with Crippen molar-refractivity contribution >= 4 is 0 Å². The SMILES string of the molecule is Cc1ccc(C2C=CC(COc3ccc(C4CCC(C)CC4)cc3)CC2)cc1. The summed E-state index contributed by atoms with van der Waals surface area (Å²) in [5.41, 5.74) is 4.27. The largest absolute Gasteiger partial charge is 0.493 e. The lowest BCUT2D eigenvalue weighted by Crippen LogP contribution is -2.15. The van der Waals surface area contributed by atoms with Crippen LogP contribution in [-0.4, -0.2) is 6.61 Å². The topological polar surface area (TPSA) is 9.23 Å². The van der Waals surface area contributed by atoms with Gasteiger partial charge in [-0.3, -0.25) is 0 Å². The van der Waals surface area contributed by atoms with Gasteiger partial charge in [-0.25, -0.2) is 0 Å². The van der Waals surface area contributed by atoms with Crippen LogP contribution in [0, 0.1) is 18.8 Å². The molecule has 148 valence electrons. The van der Waals surface area contributed by atoms with Crippen molar-refractivity contribution in [3.05, 3.63) is 77.4 Å². The smallest absolute Gasteiger partial charge is 0.119 e. The summed E-state index contributed by atoms with van der Waals surface area (Å²) in [7, 11) is 0. The molecule has 0 amide bonds. The monoisotopic (exact) mass is 374 g/mol. The molecule has 0 bridgehead atoms. The van der Waals surface area contributed by atoms with Crippen LogP contribution in [0.3, 0.4) is 0 Å². The molecule has 1 saturated carbocycles. The lowest BCUT2D eigenvalue weighted by molar-refractivity contribution is 0.260. The van der Waals surface area contributed by atoms with Crippen molar-refractivity contribution in [2.75, 3.05) is 6.61 Å². The molecule has 0 spiro atoms. The zero-order chi connectivity index (χ0) is 19.3. The summed E-state index contributed by atoms with van der Waals surface area (Å²) in [6.45, 7) is 5.32. The highest BCUT2D eigenvalue weighted by molar-refractivity contribution is 5.30. The zero-order valence-electron chi connectivity index (χ0n) is 17.4. The molecule has 2 atom stereocenters. The minimum absolute atomic E-state index is 0.529. The lowest BCUT2D eigenvalue weighted by atomic mass is 9.79. The van der Waals surface area contributed by atoms with Crippen molar-refractivity contribution in [2.45, 2.75) is 64.2 Å². The fourth-order valence-electron chi connectivity index (χ4n) is 4.74. The molecule has 0 radical (unpaired) electrons. The Morgan fingerprint density at radius 2 is 1.43 bits per heavy atom. The highest BCUT2D eigenvalue weighted by atomic mass is 16.5. The van der Waals surface area contributed by atoms with Crippen molar-refractivity contribution in [2.24, 2.45) is 11.8 Å². The zero-order valence-corrected chi connectivity index (χ0v) is 17.4. The minimum Gasteiger partial charge on any atom is -0.493 e. The lowest BCUT2D eigenvalue weighted by Gasteiger charge is -2.26. The van der Waals surface area contributed by atoms with Crippen LogP contribution in [0.25, 0.3) is 0 Å². The van der Waals surface area contributed by atoms with Gasteiger partial charge >= 0.3 is 0 Å². The van der Waals surface area contributed by atoms with Gasteiger partial charge in [0.2, 0.25) is 0 Å². The summed E-state index contributed by atoms with van der Waals surface area (Å²) in [6, 6.07) is 17.9. The number of benzene rings is 2. The summed E-state index contributed by atoms with van der Waals surface area (Å²) < 4.78 is 6.11. The summed E-state index contributed by atoms with van der Waals surface area (Å²) in [5.74, 6) is 3.77. The predicted octanol–water partition coefficient (Wildman–Crippen LogP) is 7.42. The summed E-state index contributed by atoms with van der Waals surface area (Å²) in [4.78, 5) is 0.